The molecule has 1 saturated carbocycles. The Balaban J connectivity index is 1.47. The first-order valence-electron chi connectivity index (χ1n) is 16.2. The van der Waals surface area contributed by atoms with Gasteiger partial charge in [-0.1, -0.05) is 19.4 Å². The van der Waals surface area contributed by atoms with Gasteiger partial charge in [0.1, 0.15) is 17.5 Å². The molecule has 3 heterocycles. The van der Waals surface area contributed by atoms with Crippen LogP contribution in [0, 0.1) is 5.95 Å². The number of amides is 1. The third-order valence-electron chi connectivity index (χ3n) is 9.18. The molecule has 3 atom stereocenters. The van der Waals surface area contributed by atoms with Gasteiger partial charge in [0.05, 0.1) is 30.5 Å². The van der Waals surface area contributed by atoms with Gasteiger partial charge in [-0.3, -0.25) is 14.3 Å². The van der Waals surface area contributed by atoms with E-state index in [0.717, 1.165) is 17.4 Å². The number of rotatable bonds is 8. The van der Waals surface area contributed by atoms with Gasteiger partial charge in [-0.2, -0.15) is 4.39 Å². The fraction of sp³-hybridized carbons (Fsp3) is 0.571. The van der Waals surface area contributed by atoms with Crippen LogP contribution in [0.3, 0.4) is 0 Å². The second kappa shape index (κ2) is 12.5. The van der Waals surface area contributed by atoms with Crippen molar-refractivity contribution < 1.29 is 23.0 Å². The van der Waals surface area contributed by atoms with Gasteiger partial charge >= 0.3 is 6.09 Å². The van der Waals surface area contributed by atoms with Crippen molar-refractivity contribution in [2.24, 2.45) is 7.05 Å². The number of likely N-dealkylation sites (tertiary alicyclic amines) is 1. The minimum atomic E-state index is -1.39. The maximum Gasteiger partial charge on any atom is 0.411 e. The molecular weight excluding hydrogens is 606 g/mol. The zero-order valence-electron chi connectivity index (χ0n) is 28.8. The van der Waals surface area contributed by atoms with Crippen LogP contribution in [-0.2, 0) is 11.8 Å². The van der Waals surface area contributed by atoms with E-state index in [-0.39, 0.29) is 6.04 Å². The number of halogens is 2. The number of carbonyl (C=O) groups is 1. The van der Waals surface area contributed by atoms with Crippen LogP contribution in [0.2, 0.25) is 0 Å². The highest BCUT2D eigenvalue weighted by Gasteiger charge is 2.59. The van der Waals surface area contributed by atoms with E-state index >= 15 is 4.39 Å². The first-order chi connectivity index (χ1) is 22.0. The molecule has 1 saturated heterocycles. The molecule has 2 aromatic heterocycles. The SMILES string of the molecule is CCC[C@@]1(C)[C@H](F)[C@H](N(c2cnc(-c3ccc(-c4cc(F)n(C)c(=O)c4)cc3OC)nn2)C2CC2)CC(C)(C)N1C(=O)OC(C)(C)C. The van der Waals surface area contributed by atoms with Crippen LogP contribution in [0.1, 0.15) is 80.6 Å². The molecule has 5 rings (SSSR count). The molecule has 0 N–H and O–H groups in total. The zero-order chi connectivity index (χ0) is 34.5. The van der Waals surface area contributed by atoms with Gasteiger partial charge < -0.3 is 14.4 Å². The lowest BCUT2D eigenvalue weighted by Gasteiger charge is -2.59. The van der Waals surface area contributed by atoms with Gasteiger partial charge in [0.15, 0.2) is 17.6 Å². The summed E-state index contributed by atoms with van der Waals surface area (Å²) in [7, 11) is 2.87. The number of hydrogen-bond acceptors (Lipinski definition) is 8. The normalized spacial score (nSPS) is 22.6. The number of piperidine rings is 1. The molecule has 10 nitrogen and oxygen atoms in total. The number of aromatic nitrogens is 4. The summed E-state index contributed by atoms with van der Waals surface area (Å²) in [5.74, 6) is 0.544. The predicted molar refractivity (Wildman–Crippen MR) is 177 cm³/mol. The lowest BCUT2D eigenvalue weighted by Crippen LogP contribution is -2.73. The molecule has 0 spiro atoms. The molecule has 0 unspecified atom stereocenters. The minimum Gasteiger partial charge on any atom is -0.496 e. The molecule has 47 heavy (non-hydrogen) atoms. The molecule has 3 aromatic rings. The van der Waals surface area contributed by atoms with E-state index in [0.29, 0.717) is 53.3 Å². The summed E-state index contributed by atoms with van der Waals surface area (Å²) in [5, 5.41) is 8.99. The van der Waals surface area contributed by atoms with Gasteiger partial charge in [0.2, 0.25) is 0 Å². The number of ether oxygens (including phenoxy) is 2. The topological polar surface area (TPSA) is 103 Å². The average molecular weight is 653 g/mol. The highest BCUT2D eigenvalue weighted by Crippen LogP contribution is 2.48. The van der Waals surface area contributed by atoms with Crippen molar-refractivity contribution >= 4 is 11.9 Å². The van der Waals surface area contributed by atoms with Crippen LogP contribution in [0.25, 0.3) is 22.5 Å². The highest BCUT2D eigenvalue weighted by atomic mass is 19.1. The van der Waals surface area contributed by atoms with Crippen molar-refractivity contribution in [3.8, 4) is 28.3 Å². The first-order valence-corrected chi connectivity index (χ1v) is 16.2. The van der Waals surface area contributed by atoms with E-state index in [2.05, 4.69) is 15.2 Å². The Morgan fingerprint density at radius 1 is 1.11 bits per heavy atom. The van der Waals surface area contributed by atoms with Crippen LogP contribution >= 0.6 is 0 Å². The van der Waals surface area contributed by atoms with E-state index in [9.17, 15) is 14.0 Å². The molecule has 1 aliphatic carbocycles. The Labute approximate surface area is 275 Å². The van der Waals surface area contributed by atoms with Crippen molar-refractivity contribution in [3.63, 3.8) is 0 Å². The van der Waals surface area contributed by atoms with Gasteiger partial charge in [0.25, 0.3) is 5.56 Å². The van der Waals surface area contributed by atoms with Crippen LogP contribution in [0.5, 0.6) is 5.75 Å². The summed E-state index contributed by atoms with van der Waals surface area (Å²) in [4.78, 5) is 34.0. The smallest absolute Gasteiger partial charge is 0.411 e. The number of anilines is 1. The van der Waals surface area contributed by atoms with Gasteiger partial charge in [-0.05, 0) is 96.6 Å². The third kappa shape index (κ3) is 6.69. The fourth-order valence-electron chi connectivity index (χ4n) is 7.01. The Kier molecular flexibility index (Phi) is 9.11. The zero-order valence-corrected chi connectivity index (χ0v) is 28.8. The van der Waals surface area contributed by atoms with Crippen LogP contribution < -0.4 is 15.2 Å². The minimum absolute atomic E-state index is 0.0859. The summed E-state index contributed by atoms with van der Waals surface area (Å²) >= 11 is 0. The summed E-state index contributed by atoms with van der Waals surface area (Å²) in [5.41, 5.74) is -1.43. The quantitative estimate of drug-likeness (QED) is 0.248. The fourth-order valence-corrected chi connectivity index (χ4v) is 7.01. The molecule has 1 amide bonds. The Morgan fingerprint density at radius 3 is 2.36 bits per heavy atom. The molecule has 0 radical (unpaired) electrons. The second-order valence-electron chi connectivity index (χ2n) is 14.6. The van der Waals surface area contributed by atoms with Crippen molar-refractivity contribution in [2.45, 2.75) is 116 Å². The lowest BCUT2D eigenvalue weighted by molar-refractivity contribution is -0.0997. The average Bonchev–Trinajstić information content (AvgIpc) is 3.82. The maximum absolute atomic E-state index is 17.1. The van der Waals surface area contributed by atoms with Crippen molar-refractivity contribution in [1.29, 1.82) is 0 Å². The number of alkyl halides is 1. The van der Waals surface area contributed by atoms with Gasteiger partial charge in [-0.15, -0.1) is 10.2 Å². The van der Waals surface area contributed by atoms with E-state index in [4.69, 9.17) is 9.47 Å². The van der Waals surface area contributed by atoms with Crippen molar-refractivity contribution in [2.75, 3.05) is 12.0 Å². The Morgan fingerprint density at radius 2 is 1.81 bits per heavy atom. The lowest BCUT2D eigenvalue weighted by atomic mass is 9.72. The largest absolute Gasteiger partial charge is 0.496 e. The number of hydrogen-bond donors (Lipinski definition) is 0. The first kappa shape index (κ1) is 34.3. The summed E-state index contributed by atoms with van der Waals surface area (Å²) in [6, 6.07) is 7.34. The molecule has 254 valence electrons. The molecule has 2 fully saturated rings. The van der Waals surface area contributed by atoms with Crippen molar-refractivity contribution in [3.05, 3.63) is 52.8 Å². The second-order valence-corrected chi connectivity index (χ2v) is 14.6. The third-order valence-corrected chi connectivity index (χ3v) is 9.18. The maximum atomic E-state index is 17.1. The molecular formula is C35H46F2N6O4. The number of carbonyl (C=O) groups excluding carboxylic acids is 1. The van der Waals surface area contributed by atoms with E-state index < -0.39 is 46.5 Å². The standard InChI is InChI=1S/C35H46F2N6O4/c1-10-15-35(7)30(37)25(19-34(5,6)43(35)32(45)47-33(2,3)4)42(23-12-13-23)28-20-38-31(40-39-28)24-14-11-21(16-26(24)46-9)22-17-27(36)41(8)29(44)18-22/h11,14,16-18,20,23,25,30H,10,12-13,15,19H2,1-9H3/t25-,30-,35+/m1/s1. The summed E-state index contributed by atoms with van der Waals surface area (Å²) < 4.78 is 43.7. The highest BCUT2D eigenvalue weighted by molar-refractivity contribution is 5.73. The number of methoxy groups -OCH3 is 1. The molecule has 0 bridgehead atoms. The number of nitrogens with zero attached hydrogens (tertiary/aromatic N) is 6. The molecule has 2 aliphatic rings. The molecule has 12 heteroatoms. The van der Waals surface area contributed by atoms with Crippen molar-refractivity contribution in [1.82, 2.24) is 24.6 Å². The summed E-state index contributed by atoms with van der Waals surface area (Å²) in [6.45, 7) is 13.2. The van der Waals surface area contributed by atoms with E-state index in [1.54, 1.807) is 29.3 Å². The van der Waals surface area contributed by atoms with Crippen LogP contribution in [0.15, 0.2) is 41.3 Å². The number of benzene rings is 1. The van der Waals surface area contributed by atoms with Crippen LogP contribution in [0.4, 0.5) is 19.4 Å². The monoisotopic (exact) mass is 652 g/mol. The Bertz CT molecular complexity index is 1680. The van der Waals surface area contributed by atoms with Gasteiger partial charge in [0, 0.05) is 24.7 Å². The predicted octanol–water partition coefficient (Wildman–Crippen LogP) is 6.71. The van der Waals surface area contributed by atoms with Gasteiger partial charge in [-0.25, -0.2) is 14.2 Å². The number of pyridine rings is 1. The van der Waals surface area contributed by atoms with E-state index in [1.807, 2.05) is 53.4 Å². The van der Waals surface area contributed by atoms with Crippen LogP contribution in [-0.4, -0.2) is 72.8 Å². The van der Waals surface area contributed by atoms with E-state index in [1.165, 1.54) is 26.3 Å². The summed E-state index contributed by atoms with van der Waals surface area (Å²) in [6.07, 6.45) is 3.02. The molecule has 1 aromatic carbocycles. The Hall–Kier alpha value is -4.09. The molecule has 1 aliphatic heterocycles.